The molecule has 0 atom stereocenters. The summed E-state index contributed by atoms with van der Waals surface area (Å²) >= 11 is 6.29. The van der Waals surface area contributed by atoms with Crippen molar-refractivity contribution in [2.75, 3.05) is 13.7 Å². The molecule has 0 spiro atoms. The number of hydrogen-bond donors (Lipinski definition) is 0. The smallest absolute Gasteiger partial charge is 0.211 e. The normalized spacial score (nSPS) is 10.7. The minimum absolute atomic E-state index is 0.0416. The number of halogens is 1. The highest BCUT2D eigenvalue weighted by Gasteiger charge is 2.16. The van der Waals surface area contributed by atoms with Gasteiger partial charge in [-0.3, -0.25) is 4.79 Å². The molecule has 0 aliphatic heterocycles. The first-order valence-electron chi connectivity index (χ1n) is 7.70. The van der Waals surface area contributed by atoms with Gasteiger partial charge in [0.25, 0.3) is 0 Å². The molecule has 1 heterocycles. The zero-order chi connectivity index (χ0) is 18.0. The molecule has 0 saturated carbocycles. The minimum atomic E-state index is -0.257. The van der Waals surface area contributed by atoms with Crippen molar-refractivity contribution in [1.29, 1.82) is 0 Å². The second-order valence-corrected chi connectivity index (χ2v) is 5.92. The van der Waals surface area contributed by atoms with Gasteiger partial charge in [-0.15, -0.1) is 0 Å². The quantitative estimate of drug-likeness (QED) is 0.604. The summed E-state index contributed by atoms with van der Waals surface area (Å²) in [7, 11) is 1.54. The van der Waals surface area contributed by atoms with E-state index in [2.05, 4.69) is 6.58 Å². The van der Waals surface area contributed by atoms with Crippen molar-refractivity contribution in [1.82, 2.24) is 0 Å². The molecule has 0 aliphatic carbocycles. The molecule has 0 unspecified atom stereocenters. The predicted octanol–water partition coefficient (Wildman–Crippen LogP) is 5.00. The molecule has 128 valence electrons. The topological polar surface area (TPSA) is 48.7 Å². The minimum Gasteiger partial charge on any atom is -0.493 e. The predicted molar refractivity (Wildman–Crippen MR) is 99.9 cm³/mol. The zero-order valence-electron chi connectivity index (χ0n) is 14.0. The third-order valence-corrected chi connectivity index (χ3v) is 4.12. The highest BCUT2D eigenvalue weighted by Crippen LogP contribution is 2.35. The van der Waals surface area contributed by atoms with Gasteiger partial charge in [0, 0.05) is 5.56 Å². The van der Waals surface area contributed by atoms with Crippen molar-refractivity contribution in [3.63, 3.8) is 0 Å². The van der Waals surface area contributed by atoms with Gasteiger partial charge < -0.3 is 13.9 Å². The summed E-state index contributed by atoms with van der Waals surface area (Å²) in [6, 6.07) is 10.7. The first-order chi connectivity index (χ1) is 12.0. The van der Waals surface area contributed by atoms with Crippen molar-refractivity contribution in [3.8, 4) is 22.8 Å². The highest BCUT2D eigenvalue weighted by molar-refractivity contribution is 6.33. The summed E-state index contributed by atoms with van der Waals surface area (Å²) in [5, 5.41) is 0.506. The Labute approximate surface area is 150 Å². The van der Waals surface area contributed by atoms with E-state index < -0.39 is 0 Å². The van der Waals surface area contributed by atoms with Crippen molar-refractivity contribution in [3.05, 3.63) is 69.9 Å². The summed E-state index contributed by atoms with van der Waals surface area (Å²) in [6.07, 6.45) is 1.65. The Kier molecular flexibility index (Phi) is 4.81. The van der Waals surface area contributed by atoms with Gasteiger partial charge in [0.05, 0.1) is 12.5 Å². The van der Waals surface area contributed by atoms with E-state index in [9.17, 15) is 4.79 Å². The fourth-order valence-corrected chi connectivity index (χ4v) is 2.80. The van der Waals surface area contributed by atoms with Gasteiger partial charge in [0.1, 0.15) is 17.2 Å². The molecule has 3 aromatic rings. The molecule has 0 aliphatic rings. The van der Waals surface area contributed by atoms with Crippen LogP contribution >= 0.6 is 11.6 Å². The fraction of sp³-hybridized carbons (Fsp3) is 0.150. The lowest BCUT2D eigenvalue weighted by molar-refractivity contribution is 0.326. The van der Waals surface area contributed by atoms with E-state index in [0.717, 1.165) is 5.56 Å². The van der Waals surface area contributed by atoms with Crippen LogP contribution in [-0.4, -0.2) is 13.7 Å². The fourth-order valence-electron chi connectivity index (χ4n) is 2.55. The second-order valence-electron chi connectivity index (χ2n) is 5.54. The number of ether oxygens (including phenoxy) is 2. The summed E-state index contributed by atoms with van der Waals surface area (Å²) in [5.41, 5.74) is 1.83. The van der Waals surface area contributed by atoms with E-state index in [-0.39, 0.29) is 10.5 Å². The SMILES string of the molecule is C=CCOc1ccc(-c2oc3ccc(C)cc3c(=O)c2Cl)cc1OC. The molecule has 0 amide bonds. The molecule has 25 heavy (non-hydrogen) atoms. The van der Waals surface area contributed by atoms with Crippen LogP contribution in [0.15, 0.2) is 58.3 Å². The Morgan fingerprint density at radius 1 is 1.20 bits per heavy atom. The number of benzene rings is 2. The van der Waals surface area contributed by atoms with Crippen LogP contribution in [0.25, 0.3) is 22.3 Å². The lowest BCUT2D eigenvalue weighted by Crippen LogP contribution is -2.04. The molecule has 3 rings (SSSR count). The molecule has 5 heteroatoms. The Balaban J connectivity index is 2.16. The van der Waals surface area contributed by atoms with Crippen molar-refractivity contribution in [2.24, 2.45) is 0 Å². The number of methoxy groups -OCH3 is 1. The monoisotopic (exact) mass is 356 g/mol. The molecular weight excluding hydrogens is 340 g/mol. The van der Waals surface area contributed by atoms with Crippen LogP contribution in [0.1, 0.15) is 5.56 Å². The number of fused-ring (bicyclic) bond motifs is 1. The molecule has 0 radical (unpaired) electrons. The Hall–Kier alpha value is -2.72. The summed E-state index contributed by atoms with van der Waals surface area (Å²) in [4.78, 5) is 12.6. The van der Waals surface area contributed by atoms with E-state index in [0.29, 0.717) is 40.4 Å². The van der Waals surface area contributed by atoms with Gasteiger partial charge in [0.2, 0.25) is 5.43 Å². The van der Waals surface area contributed by atoms with Crippen molar-refractivity contribution in [2.45, 2.75) is 6.92 Å². The summed E-state index contributed by atoms with van der Waals surface area (Å²) in [6.45, 7) is 5.89. The second kappa shape index (κ2) is 7.03. The first-order valence-corrected chi connectivity index (χ1v) is 8.08. The third kappa shape index (κ3) is 3.26. The Bertz CT molecular complexity index is 1000. The molecule has 4 nitrogen and oxygen atoms in total. The van der Waals surface area contributed by atoms with Gasteiger partial charge in [-0.2, -0.15) is 0 Å². The van der Waals surface area contributed by atoms with E-state index in [1.807, 2.05) is 13.0 Å². The van der Waals surface area contributed by atoms with Crippen LogP contribution < -0.4 is 14.9 Å². The van der Waals surface area contributed by atoms with E-state index in [1.54, 1.807) is 43.5 Å². The van der Waals surface area contributed by atoms with Crippen LogP contribution in [0, 0.1) is 6.92 Å². The summed E-state index contributed by atoms with van der Waals surface area (Å²) in [5.74, 6) is 1.39. The first kappa shape index (κ1) is 17.1. The third-order valence-electron chi connectivity index (χ3n) is 3.77. The van der Waals surface area contributed by atoms with Crippen LogP contribution in [0.4, 0.5) is 0 Å². The standard InChI is InChI=1S/C20H17ClO4/c1-4-9-24-16-8-6-13(11-17(16)23-3)20-18(21)19(22)14-10-12(2)5-7-15(14)25-20/h4-8,10-11H,1,9H2,2-3H3. The molecule has 0 saturated heterocycles. The van der Waals surface area contributed by atoms with Gasteiger partial charge >= 0.3 is 0 Å². The molecule has 0 N–H and O–H groups in total. The van der Waals surface area contributed by atoms with Crippen LogP contribution in [0.3, 0.4) is 0 Å². The number of aryl methyl sites for hydroxylation is 1. The number of rotatable bonds is 5. The molecule has 1 aromatic heterocycles. The Morgan fingerprint density at radius 3 is 2.72 bits per heavy atom. The maximum atomic E-state index is 12.6. The molecular formula is C20H17ClO4. The average Bonchev–Trinajstić information content (AvgIpc) is 2.63. The molecule has 2 aromatic carbocycles. The van der Waals surface area contributed by atoms with E-state index >= 15 is 0 Å². The lowest BCUT2D eigenvalue weighted by atomic mass is 10.1. The van der Waals surface area contributed by atoms with Crippen LogP contribution in [-0.2, 0) is 0 Å². The van der Waals surface area contributed by atoms with Crippen LogP contribution in [0.5, 0.6) is 11.5 Å². The molecule has 0 bridgehead atoms. The maximum absolute atomic E-state index is 12.6. The van der Waals surface area contributed by atoms with Crippen LogP contribution in [0.2, 0.25) is 5.02 Å². The highest BCUT2D eigenvalue weighted by atomic mass is 35.5. The maximum Gasteiger partial charge on any atom is 0.211 e. The average molecular weight is 357 g/mol. The summed E-state index contributed by atoms with van der Waals surface area (Å²) < 4.78 is 16.8. The van der Waals surface area contributed by atoms with E-state index in [4.69, 9.17) is 25.5 Å². The lowest BCUT2D eigenvalue weighted by Gasteiger charge is -2.12. The van der Waals surface area contributed by atoms with Crippen molar-refractivity contribution >= 4 is 22.6 Å². The molecule has 0 fully saturated rings. The zero-order valence-corrected chi connectivity index (χ0v) is 14.7. The van der Waals surface area contributed by atoms with E-state index in [1.165, 1.54) is 0 Å². The van der Waals surface area contributed by atoms with Crippen molar-refractivity contribution < 1.29 is 13.9 Å². The Morgan fingerprint density at radius 2 is 2.00 bits per heavy atom. The van der Waals surface area contributed by atoms with Gasteiger partial charge in [-0.1, -0.05) is 35.9 Å². The van der Waals surface area contributed by atoms with Gasteiger partial charge in [0.15, 0.2) is 17.3 Å². The van der Waals surface area contributed by atoms with Gasteiger partial charge in [-0.25, -0.2) is 0 Å². The largest absolute Gasteiger partial charge is 0.493 e. The number of hydrogen-bond acceptors (Lipinski definition) is 4. The van der Waals surface area contributed by atoms with Gasteiger partial charge in [-0.05, 0) is 37.3 Å².